The number of carbonyl (C=O) groups is 2. The largest absolute Gasteiger partial charge is 0.489 e. The summed E-state index contributed by atoms with van der Waals surface area (Å²) in [5.74, 6) is -1.66. The van der Waals surface area contributed by atoms with Crippen LogP contribution in [-0.2, 0) is 16.2 Å². The number of carbonyl (C=O) groups excluding carboxylic acids is 2. The third-order valence-corrected chi connectivity index (χ3v) is 9.20. The quantitative estimate of drug-likeness (QED) is 0.355. The Kier molecular flexibility index (Phi) is 5.97. The summed E-state index contributed by atoms with van der Waals surface area (Å²) < 4.78 is 19.5. The number of aromatic nitrogens is 1. The van der Waals surface area contributed by atoms with Gasteiger partial charge in [0.1, 0.15) is 23.4 Å². The first-order valence-corrected chi connectivity index (χ1v) is 13.4. The predicted molar refractivity (Wildman–Crippen MR) is 141 cm³/mol. The third-order valence-electron chi connectivity index (χ3n) is 6.80. The third kappa shape index (κ3) is 4.18. The lowest BCUT2D eigenvalue weighted by Gasteiger charge is -2.29. The van der Waals surface area contributed by atoms with E-state index in [1.54, 1.807) is 0 Å². The first-order chi connectivity index (χ1) is 17.9. The number of thioether (sulfide) groups is 1. The Morgan fingerprint density at radius 2 is 1.68 bits per heavy atom. The van der Waals surface area contributed by atoms with Crippen molar-refractivity contribution in [1.29, 1.82) is 0 Å². The van der Waals surface area contributed by atoms with Gasteiger partial charge in [0.25, 0.3) is 0 Å². The fourth-order valence-electron chi connectivity index (χ4n) is 4.93. The SMILES string of the molecule is Cc1ccccc1COc1ccc([C@H]2c3sc(=O)[nH]c3SC3C(=O)N(c4ccc(F)cc4)C(=O)C32)cc1. The monoisotopic (exact) mass is 532 g/mol. The van der Waals surface area contributed by atoms with Crippen molar-refractivity contribution >= 4 is 40.6 Å². The molecular weight excluding hydrogens is 511 g/mol. The molecule has 2 aliphatic rings. The molecule has 37 heavy (non-hydrogen) atoms. The molecule has 2 unspecified atom stereocenters. The molecule has 6 nitrogen and oxygen atoms in total. The standard InChI is InChI=1S/C28H21FN2O4S2/c1-15-4-2-3-5-17(15)14-35-20-12-6-16(7-13-20)21-22-24(36-25-23(21)37-28(34)30-25)27(33)31(26(22)32)19-10-8-18(29)9-11-19/h2-13,21-22,24H,14H2,1H3,(H,30,34)/t21-,22?,24?/m1/s1. The number of imide groups is 1. The second kappa shape index (κ2) is 9.32. The van der Waals surface area contributed by atoms with Crippen LogP contribution in [0.25, 0.3) is 0 Å². The van der Waals surface area contributed by atoms with E-state index >= 15 is 0 Å². The van der Waals surface area contributed by atoms with Crippen LogP contribution in [0.2, 0.25) is 0 Å². The number of amides is 2. The number of H-pyrrole nitrogens is 1. The van der Waals surface area contributed by atoms with Crippen LogP contribution in [0.5, 0.6) is 5.75 Å². The molecule has 0 aliphatic carbocycles. The Hall–Kier alpha value is -3.69. The van der Waals surface area contributed by atoms with Crippen LogP contribution in [0.3, 0.4) is 0 Å². The zero-order valence-electron chi connectivity index (χ0n) is 19.6. The number of aryl methyl sites for hydroxylation is 1. The molecule has 3 atom stereocenters. The molecule has 0 saturated carbocycles. The molecule has 3 aromatic carbocycles. The Balaban J connectivity index is 1.33. The van der Waals surface area contributed by atoms with Crippen molar-refractivity contribution in [2.75, 3.05) is 4.90 Å². The molecule has 1 fully saturated rings. The molecular formula is C28H21FN2O4S2. The maximum Gasteiger partial charge on any atom is 0.305 e. The van der Waals surface area contributed by atoms with Crippen LogP contribution in [0.1, 0.15) is 27.5 Å². The maximum atomic E-state index is 13.7. The molecule has 0 bridgehead atoms. The number of anilines is 1. The number of thiazole rings is 1. The summed E-state index contributed by atoms with van der Waals surface area (Å²) in [5.41, 5.74) is 3.39. The summed E-state index contributed by atoms with van der Waals surface area (Å²) in [6, 6.07) is 20.8. The van der Waals surface area contributed by atoms with E-state index < -0.39 is 22.9 Å². The van der Waals surface area contributed by atoms with E-state index in [9.17, 15) is 18.8 Å². The van der Waals surface area contributed by atoms with Crippen LogP contribution in [0.4, 0.5) is 10.1 Å². The highest BCUT2D eigenvalue weighted by Crippen LogP contribution is 2.53. The Bertz CT molecular complexity index is 1560. The smallest absolute Gasteiger partial charge is 0.305 e. The minimum atomic E-state index is -0.697. The van der Waals surface area contributed by atoms with Gasteiger partial charge in [0.05, 0.1) is 16.6 Å². The lowest BCUT2D eigenvalue weighted by molar-refractivity contribution is -0.122. The summed E-state index contributed by atoms with van der Waals surface area (Å²) >= 11 is 2.28. The van der Waals surface area contributed by atoms with E-state index in [-0.39, 0.29) is 16.7 Å². The van der Waals surface area contributed by atoms with Gasteiger partial charge in [-0.1, -0.05) is 59.5 Å². The summed E-state index contributed by atoms with van der Waals surface area (Å²) in [5, 5.41) is -0.0829. The molecule has 2 aliphatic heterocycles. The summed E-state index contributed by atoms with van der Waals surface area (Å²) in [7, 11) is 0. The summed E-state index contributed by atoms with van der Waals surface area (Å²) in [6.45, 7) is 2.47. The Morgan fingerprint density at radius 1 is 0.946 bits per heavy atom. The van der Waals surface area contributed by atoms with Gasteiger partial charge >= 0.3 is 4.87 Å². The fourth-order valence-corrected chi connectivity index (χ4v) is 7.44. The van der Waals surface area contributed by atoms with E-state index in [0.29, 0.717) is 23.1 Å². The summed E-state index contributed by atoms with van der Waals surface area (Å²) in [6.07, 6.45) is 0. The van der Waals surface area contributed by atoms with Crippen LogP contribution >= 0.6 is 23.1 Å². The first kappa shape index (κ1) is 23.7. The van der Waals surface area contributed by atoms with Crippen molar-refractivity contribution in [3.8, 4) is 5.75 Å². The van der Waals surface area contributed by atoms with Crippen LogP contribution in [-0.4, -0.2) is 22.0 Å². The topological polar surface area (TPSA) is 79.5 Å². The first-order valence-electron chi connectivity index (χ1n) is 11.7. The van der Waals surface area contributed by atoms with Crippen LogP contribution in [0.15, 0.2) is 82.6 Å². The van der Waals surface area contributed by atoms with Gasteiger partial charge < -0.3 is 9.72 Å². The highest BCUT2D eigenvalue weighted by atomic mass is 32.2. The number of hydrogen-bond acceptors (Lipinski definition) is 6. The minimum Gasteiger partial charge on any atom is -0.489 e. The van der Waals surface area contributed by atoms with E-state index in [4.69, 9.17) is 4.74 Å². The molecule has 4 aromatic rings. The van der Waals surface area contributed by atoms with Crippen LogP contribution in [0, 0.1) is 18.7 Å². The number of halogens is 1. The van der Waals surface area contributed by atoms with E-state index in [0.717, 1.165) is 37.8 Å². The van der Waals surface area contributed by atoms with Gasteiger partial charge in [-0.2, -0.15) is 0 Å². The van der Waals surface area contributed by atoms with Gasteiger partial charge in [-0.3, -0.25) is 14.4 Å². The molecule has 1 saturated heterocycles. The van der Waals surface area contributed by atoms with Crippen molar-refractivity contribution in [3.63, 3.8) is 0 Å². The van der Waals surface area contributed by atoms with Gasteiger partial charge in [0.15, 0.2) is 0 Å². The molecule has 186 valence electrons. The number of nitrogens with one attached hydrogen (secondary N) is 1. The zero-order chi connectivity index (χ0) is 25.7. The Morgan fingerprint density at radius 3 is 2.41 bits per heavy atom. The molecule has 9 heteroatoms. The lowest BCUT2D eigenvalue weighted by Crippen LogP contribution is -2.32. The number of benzene rings is 3. The van der Waals surface area contributed by atoms with Gasteiger partial charge in [-0.15, -0.1) is 0 Å². The number of aromatic amines is 1. The average molecular weight is 533 g/mol. The number of ether oxygens (including phenoxy) is 1. The second-order valence-electron chi connectivity index (χ2n) is 9.02. The molecule has 1 N–H and O–H groups in total. The molecule has 0 spiro atoms. The van der Waals surface area contributed by atoms with Gasteiger partial charge in [0, 0.05) is 10.8 Å². The molecule has 3 heterocycles. The van der Waals surface area contributed by atoms with Gasteiger partial charge in [0.2, 0.25) is 11.8 Å². The van der Waals surface area contributed by atoms with Crippen molar-refractivity contribution in [2.45, 2.75) is 29.7 Å². The van der Waals surface area contributed by atoms with Crippen molar-refractivity contribution < 1.29 is 18.7 Å². The highest BCUT2D eigenvalue weighted by Gasteiger charge is 2.56. The van der Waals surface area contributed by atoms with E-state index in [2.05, 4.69) is 4.98 Å². The normalized spacial score (nSPS) is 20.6. The Labute approximate surface area is 220 Å². The second-order valence-corrected chi connectivity index (χ2v) is 11.2. The van der Waals surface area contributed by atoms with Crippen molar-refractivity contribution in [2.24, 2.45) is 5.92 Å². The van der Waals surface area contributed by atoms with Crippen molar-refractivity contribution in [3.05, 3.63) is 110 Å². The van der Waals surface area contributed by atoms with E-state index in [1.807, 2.05) is 55.5 Å². The molecule has 0 radical (unpaired) electrons. The molecule has 1 aromatic heterocycles. The maximum absolute atomic E-state index is 13.7. The van der Waals surface area contributed by atoms with Gasteiger partial charge in [-0.05, 0) is 60.0 Å². The number of rotatable bonds is 5. The molecule has 2 amide bonds. The van der Waals surface area contributed by atoms with Crippen LogP contribution < -0.4 is 14.5 Å². The zero-order valence-corrected chi connectivity index (χ0v) is 21.3. The average Bonchev–Trinajstić information content (AvgIpc) is 3.39. The minimum absolute atomic E-state index is 0.226. The molecule has 6 rings (SSSR count). The highest BCUT2D eigenvalue weighted by molar-refractivity contribution is 8.00. The van der Waals surface area contributed by atoms with Crippen molar-refractivity contribution in [1.82, 2.24) is 4.98 Å². The summed E-state index contributed by atoms with van der Waals surface area (Å²) in [4.78, 5) is 43.8. The number of hydrogen-bond donors (Lipinski definition) is 1. The fraction of sp³-hybridized carbons (Fsp3) is 0.179. The number of fused-ring (bicyclic) bond motifs is 2. The predicted octanol–water partition coefficient (Wildman–Crippen LogP) is 5.26. The lowest BCUT2D eigenvalue weighted by atomic mass is 9.83. The number of nitrogens with zero attached hydrogens (tertiary/aromatic N) is 1. The van der Waals surface area contributed by atoms with Gasteiger partial charge in [-0.25, -0.2) is 9.29 Å². The van der Waals surface area contributed by atoms with E-state index in [1.165, 1.54) is 36.0 Å².